The monoisotopic (exact) mass is 813 g/mol. The highest BCUT2D eigenvalue weighted by atomic mass is 16.5. The second-order valence-electron chi connectivity index (χ2n) is 18.8. The third-order valence-corrected chi connectivity index (χ3v) is 13.7. The van der Waals surface area contributed by atoms with E-state index in [9.17, 15) is 9.90 Å². The lowest BCUT2D eigenvalue weighted by molar-refractivity contribution is -0.143. The van der Waals surface area contributed by atoms with Crippen molar-refractivity contribution in [1.29, 1.82) is 0 Å². The van der Waals surface area contributed by atoms with Crippen molar-refractivity contribution in [3.63, 3.8) is 0 Å². The fourth-order valence-electron chi connectivity index (χ4n) is 9.75. The fourth-order valence-corrected chi connectivity index (χ4v) is 9.75. The van der Waals surface area contributed by atoms with Gasteiger partial charge in [-0.3, -0.25) is 4.79 Å². The molecular formula is C53H72N4O3. The van der Waals surface area contributed by atoms with Gasteiger partial charge < -0.3 is 15.2 Å². The summed E-state index contributed by atoms with van der Waals surface area (Å²) >= 11 is 0. The molecule has 2 N–H and O–H groups in total. The van der Waals surface area contributed by atoms with E-state index in [-0.39, 0.29) is 17.8 Å². The van der Waals surface area contributed by atoms with Crippen LogP contribution in [-0.2, 0) is 9.53 Å². The average Bonchev–Trinajstić information content (AvgIpc) is 3.95. The van der Waals surface area contributed by atoms with E-state index in [2.05, 4.69) is 98.5 Å². The Balaban J connectivity index is 1.12. The highest BCUT2D eigenvalue weighted by Crippen LogP contribution is 2.46. The molecule has 8 bridgehead atoms. The van der Waals surface area contributed by atoms with E-state index in [1.807, 2.05) is 13.0 Å². The van der Waals surface area contributed by atoms with Gasteiger partial charge in [-0.1, -0.05) is 104 Å². The first-order valence-corrected chi connectivity index (χ1v) is 23.1. The Labute approximate surface area is 361 Å². The van der Waals surface area contributed by atoms with Gasteiger partial charge in [0.1, 0.15) is 5.76 Å². The number of aliphatic imine (C=N–C) groups is 3. The minimum absolute atomic E-state index is 0.00257. The maximum Gasteiger partial charge on any atom is 0.305 e. The molecule has 0 spiro atoms. The van der Waals surface area contributed by atoms with Gasteiger partial charge in [0.15, 0.2) is 0 Å². The molecule has 4 unspecified atom stereocenters. The van der Waals surface area contributed by atoms with E-state index >= 15 is 0 Å². The maximum atomic E-state index is 13.3. The van der Waals surface area contributed by atoms with Crippen LogP contribution in [0.5, 0.6) is 0 Å². The van der Waals surface area contributed by atoms with E-state index in [4.69, 9.17) is 19.7 Å². The molecule has 7 heteroatoms. The quantitative estimate of drug-likeness (QED) is 0.100. The third-order valence-electron chi connectivity index (χ3n) is 13.7. The summed E-state index contributed by atoms with van der Waals surface area (Å²) in [5.41, 5.74) is 15.7. The predicted octanol–water partition coefficient (Wildman–Crippen LogP) is 13.6. The maximum absolute atomic E-state index is 13.3. The number of nitrogens with zero attached hydrogens (tertiary/aromatic N) is 3. The van der Waals surface area contributed by atoms with Gasteiger partial charge in [0.05, 0.1) is 40.8 Å². The van der Waals surface area contributed by atoms with Crippen LogP contribution in [-0.4, -0.2) is 34.8 Å². The van der Waals surface area contributed by atoms with Crippen LogP contribution in [0.25, 0.3) is 0 Å². The van der Waals surface area contributed by atoms with Crippen molar-refractivity contribution in [3.8, 4) is 0 Å². The van der Waals surface area contributed by atoms with Crippen molar-refractivity contribution in [2.75, 3.05) is 6.61 Å². The van der Waals surface area contributed by atoms with Gasteiger partial charge in [-0.15, -0.1) is 0 Å². The van der Waals surface area contributed by atoms with Crippen LogP contribution in [0.3, 0.4) is 0 Å². The molecule has 5 aliphatic heterocycles. The third kappa shape index (κ3) is 10.1. The summed E-state index contributed by atoms with van der Waals surface area (Å²) in [7, 11) is 0. The Morgan fingerprint density at radius 3 is 2.30 bits per heavy atom. The molecule has 0 radical (unpaired) electrons. The number of hydrogen-bond donors (Lipinski definition) is 2. The molecule has 1 saturated heterocycles. The molecule has 1 aliphatic carbocycles. The molecule has 0 saturated carbocycles. The zero-order valence-corrected chi connectivity index (χ0v) is 38.5. The summed E-state index contributed by atoms with van der Waals surface area (Å²) in [5.74, 6) is 2.62. The van der Waals surface area contributed by atoms with Crippen LogP contribution in [0.1, 0.15) is 153 Å². The molecule has 322 valence electrons. The number of rotatable bonds is 19. The Morgan fingerprint density at radius 2 is 1.60 bits per heavy atom. The van der Waals surface area contributed by atoms with Crippen LogP contribution in [0.4, 0.5) is 0 Å². The number of aliphatic hydroxyl groups is 1. The number of carbonyl (C=O) groups excluding carboxylic acids is 1. The molecule has 4 atom stereocenters. The molecule has 7 nitrogen and oxygen atoms in total. The lowest BCUT2D eigenvalue weighted by Gasteiger charge is -2.17. The molecule has 0 amide bonds. The summed E-state index contributed by atoms with van der Waals surface area (Å²) in [4.78, 5) is 28.7. The van der Waals surface area contributed by atoms with Crippen LogP contribution < -0.4 is 5.32 Å². The molecule has 60 heavy (non-hydrogen) atoms. The number of ether oxygens (including phenoxy) is 1. The summed E-state index contributed by atoms with van der Waals surface area (Å²) in [6.07, 6.45) is 23.8. The molecule has 6 rings (SSSR count). The molecule has 6 aliphatic rings. The second kappa shape index (κ2) is 19.9. The SMILES string of the molecule is C=CC1=C(C)C2=NC1=CC1=NC(=CC3=C(C)C4=C(O)CC(=C5NC(=C2)C(C)C5CCC(=O)OCC/C(C)=C/CCC(C)CCCC(C)CCCC(C)C)C4=N3)C(CC)=C1C. The minimum atomic E-state index is -0.171. The van der Waals surface area contributed by atoms with Crippen molar-refractivity contribution in [2.24, 2.45) is 44.6 Å². The van der Waals surface area contributed by atoms with Gasteiger partial charge in [-0.25, -0.2) is 15.0 Å². The first-order chi connectivity index (χ1) is 28.7. The molecule has 0 aromatic carbocycles. The second-order valence-corrected chi connectivity index (χ2v) is 18.8. The normalized spacial score (nSPS) is 22.4. The number of aliphatic hydroxyl groups excluding tert-OH is 1. The summed E-state index contributed by atoms with van der Waals surface area (Å²) in [6, 6.07) is 0. The minimum Gasteiger partial charge on any atom is -0.511 e. The number of fused-ring (bicyclic) bond motifs is 5. The Kier molecular flexibility index (Phi) is 14.9. The van der Waals surface area contributed by atoms with Gasteiger partial charge in [0.2, 0.25) is 0 Å². The van der Waals surface area contributed by atoms with Crippen molar-refractivity contribution < 1.29 is 14.6 Å². The van der Waals surface area contributed by atoms with E-state index in [1.54, 1.807) is 0 Å². The standard InChI is InChI=1S/C53H72N4O3/c1-12-39-35(8)43-28-45-37(10)41(23-24-50(59)60-26-25-34(7)22-16-21-33(6)20-15-19-32(5)18-14-17-31(3)4)52(56-45)42-27-49(58)51-38(11)46(57-53(42)51)30-48-40(13-2)36(9)44(55-48)29-47(39)54-43/h12,22,28-33,37,41,56,58H,1,13-21,23-27H2,2-11H3/b34-22+,45-28?,47-29?,48-30?,52-42?. The molecule has 1 fully saturated rings. The Hall–Kier alpha value is -4.52. The zero-order chi connectivity index (χ0) is 43.2. The van der Waals surface area contributed by atoms with E-state index < -0.39 is 0 Å². The Bertz CT molecular complexity index is 2130. The van der Waals surface area contributed by atoms with Crippen molar-refractivity contribution in [2.45, 2.75) is 153 Å². The highest BCUT2D eigenvalue weighted by molar-refractivity contribution is 6.21. The average molecular weight is 813 g/mol. The first kappa shape index (κ1) is 45.0. The van der Waals surface area contributed by atoms with Crippen molar-refractivity contribution in [3.05, 3.63) is 116 Å². The van der Waals surface area contributed by atoms with Gasteiger partial charge in [0.25, 0.3) is 0 Å². The molecule has 0 aromatic heterocycles. The smallest absolute Gasteiger partial charge is 0.305 e. The van der Waals surface area contributed by atoms with Crippen LogP contribution in [0.2, 0.25) is 0 Å². The predicted molar refractivity (Wildman–Crippen MR) is 251 cm³/mol. The molecule has 0 aromatic rings. The van der Waals surface area contributed by atoms with E-state index in [0.29, 0.717) is 31.6 Å². The number of hydrogen-bond acceptors (Lipinski definition) is 7. The zero-order valence-electron chi connectivity index (χ0n) is 38.5. The number of esters is 1. The topological polar surface area (TPSA) is 95.6 Å². The van der Waals surface area contributed by atoms with Crippen LogP contribution in [0, 0.1) is 29.6 Å². The van der Waals surface area contributed by atoms with E-state index in [0.717, 1.165) is 116 Å². The first-order valence-electron chi connectivity index (χ1n) is 23.1. The molecule has 5 heterocycles. The van der Waals surface area contributed by atoms with Crippen molar-refractivity contribution >= 4 is 23.1 Å². The fraction of sp³-hybridized carbons (Fsp3) is 0.547. The van der Waals surface area contributed by atoms with E-state index in [1.165, 1.54) is 56.1 Å². The lowest BCUT2D eigenvalue weighted by Crippen LogP contribution is -2.16. The number of nitrogens with one attached hydrogen (secondary N) is 1. The van der Waals surface area contributed by atoms with Crippen LogP contribution >= 0.6 is 0 Å². The lowest BCUT2D eigenvalue weighted by atomic mass is 9.86. The number of carbonyl (C=O) groups is 1. The van der Waals surface area contributed by atoms with Crippen molar-refractivity contribution in [1.82, 2.24) is 5.32 Å². The molecular weight excluding hydrogens is 741 g/mol. The van der Waals surface area contributed by atoms with Gasteiger partial charge in [-0.2, -0.15) is 0 Å². The summed E-state index contributed by atoms with van der Waals surface area (Å²) in [5, 5.41) is 15.2. The largest absolute Gasteiger partial charge is 0.511 e. The highest BCUT2D eigenvalue weighted by Gasteiger charge is 2.41. The van der Waals surface area contributed by atoms with Gasteiger partial charge in [0, 0.05) is 59.2 Å². The van der Waals surface area contributed by atoms with Crippen LogP contribution in [0.15, 0.2) is 131 Å². The summed E-state index contributed by atoms with van der Waals surface area (Å²) in [6.45, 7) is 26.8. The van der Waals surface area contributed by atoms with Gasteiger partial charge in [-0.05, 0) is 112 Å². The van der Waals surface area contributed by atoms with Gasteiger partial charge >= 0.3 is 5.97 Å². The summed E-state index contributed by atoms with van der Waals surface area (Å²) < 4.78 is 5.83. The number of allylic oxidation sites excluding steroid dienone is 13. The Morgan fingerprint density at radius 1 is 0.917 bits per heavy atom.